The first kappa shape index (κ1) is 22.6. The summed E-state index contributed by atoms with van der Waals surface area (Å²) in [5, 5.41) is 4.80. The highest BCUT2D eigenvalue weighted by molar-refractivity contribution is 7.15. The van der Waals surface area contributed by atoms with Crippen molar-refractivity contribution in [3.05, 3.63) is 40.3 Å². The zero-order chi connectivity index (χ0) is 21.4. The van der Waals surface area contributed by atoms with E-state index in [2.05, 4.69) is 5.32 Å². The molecule has 1 N–H and O–H groups in total. The molecular weight excluding hydrogens is 394 g/mol. The standard InChI is InChI=1S/C21H25NO6S/c1-5-26-11-18(24)28-10-17(23)22-20-19(21(25)27-6-2)16(12-29-20)15-8-7-13(3)9-14(15)4/h7-9,12H,5-6,10-11H2,1-4H3,(H,22,23). The fourth-order valence-corrected chi connectivity index (χ4v) is 3.67. The molecule has 1 aromatic carbocycles. The summed E-state index contributed by atoms with van der Waals surface area (Å²) in [6, 6.07) is 5.93. The van der Waals surface area contributed by atoms with Gasteiger partial charge in [-0.25, -0.2) is 9.59 Å². The third-order valence-corrected chi connectivity index (χ3v) is 4.88. The Morgan fingerprint density at radius 1 is 1.00 bits per heavy atom. The van der Waals surface area contributed by atoms with Crippen LogP contribution in [0.1, 0.15) is 35.3 Å². The molecule has 0 unspecified atom stereocenters. The topological polar surface area (TPSA) is 90.9 Å². The van der Waals surface area contributed by atoms with Crippen LogP contribution in [-0.4, -0.2) is 44.3 Å². The van der Waals surface area contributed by atoms with Gasteiger partial charge in [-0.2, -0.15) is 0 Å². The number of hydrogen-bond acceptors (Lipinski definition) is 7. The number of benzene rings is 1. The molecule has 0 fully saturated rings. The molecule has 0 aliphatic rings. The number of ether oxygens (including phenoxy) is 3. The van der Waals surface area contributed by atoms with Gasteiger partial charge >= 0.3 is 11.9 Å². The summed E-state index contributed by atoms with van der Waals surface area (Å²) in [6.45, 7) is 7.33. The van der Waals surface area contributed by atoms with Crippen molar-refractivity contribution in [2.24, 2.45) is 0 Å². The molecule has 0 radical (unpaired) electrons. The molecule has 8 heteroatoms. The lowest BCUT2D eigenvalue weighted by molar-refractivity contribution is -0.151. The Balaban J connectivity index is 2.23. The van der Waals surface area contributed by atoms with E-state index >= 15 is 0 Å². The summed E-state index contributed by atoms with van der Waals surface area (Å²) >= 11 is 1.22. The normalized spacial score (nSPS) is 10.5. The quantitative estimate of drug-likeness (QED) is 0.623. The summed E-state index contributed by atoms with van der Waals surface area (Å²) in [6.07, 6.45) is 0. The lowest BCUT2D eigenvalue weighted by atomic mass is 9.97. The van der Waals surface area contributed by atoms with Gasteiger partial charge in [0.15, 0.2) is 6.61 Å². The van der Waals surface area contributed by atoms with Crippen LogP contribution < -0.4 is 5.32 Å². The molecule has 2 aromatic rings. The average molecular weight is 419 g/mol. The van der Waals surface area contributed by atoms with Gasteiger partial charge in [0.05, 0.1) is 6.61 Å². The number of thiophene rings is 1. The van der Waals surface area contributed by atoms with Crippen LogP contribution in [0.3, 0.4) is 0 Å². The van der Waals surface area contributed by atoms with Gasteiger partial charge in [-0.1, -0.05) is 23.8 Å². The fraction of sp³-hybridized carbons (Fsp3) is 0.381. The van der Waals surface area contributed by atoms with E-state index in [4.69, 9.17) is 14.2 Å². The van der Waals surface area contributed by atoms with Gasteiger partial charge in [-0.3, -0.25) is 4.79 Å². The summed E-state index contributed by atoms with van der Waals surface area (Å²) in [4.78, 5) is 36.3. The Labute approximate surface area is 174 Å². The molecule has 1 amide bonds. The Morgan fingerprint density at radius 3 is 2.41 bits per heavy atom. The highest BCUT2D eigenvalue weighted by Gasteiger charge is 2.24. The minimum Gasteiger partial charge on any atom is -0.462 e. The van der Waals surface area contributed by atoms with Crippen molar-refractivity contribution < 1.29 is 28.6 Å². The number of carbonyl (C=O) groups excluding carboxylic acids is 3. The van der Waals surface area contributed by atoms with Gasteiger partial charge < -0.3 is 19.5 Å². The summed E-state index contributed by atoms with van der Waals surface area (Å²) in [7, 11) is 0. The van der Waals surface area contributed by atoms with Crippen LogP contribution >= 0.6 is 11.3 Å². The Morgan fingerprint density at radius 2 is 1.76 bits per heavy atom. The number of rotatable bonds is 9. The van der Waals surface area contributed by atoms with E-state index in [-0.39, 0.29) is 18.8 Å². The summed E-state index contributed by atoms with van der Waals surface area (Å²) in [5.74, 6) is -1.70. The van der Waals surface area contributed by atoms with Crippen molar-refractivity contribution in [3.8, 4) is 11.1 Å². The van der Waals surface area contributed by atoms with Gasteiger partial charge in [0.2, 0.25) is 0 Å². The van der Waals surface area contributed by atoms with Crippen LogP contribution in [0.4, 0.5) is 5.00 Å². The van der Waals surface area contributed by atoms with E-state index in [0.717, 1.165) is 16.7 Å². The number of hydrogen-bond donors (Lipinski definition) is 1. The van der Waals surface area contributed by atoms with E-state index in [9.17, 15) is 14.4 Å². The first-order valence-corrected chi connectivity index (χ1v) is 10.1. The molecule has 1 heterocycles. The summed E-state index contributed by atoms with van der Waals surface area (Å²) < 4.78 is 15.0. The van der Waals surface area contributed by atoms with Crippen LogP contribution in [-0.2, 0) is 23.8 Å². The number of aryl methyl sites for hydroxylation is 2. The van der Waals surface area contributed by atoms with Crippen LogP contribution in [0.5, 0.6) is 0 Å². The second-order valence-corrected chi connectivity index (χ2v) is 7.12. The van der Waals surface area contributed by atoms with Gasteiger partial charge in [0.1, 0.15) is 17.2 Å². The number of nitrogens with one attached hydrogen (secondary N) is 1. The van der Waals surface area contributed by atoms with E-state index in [0.29, 0.717) is 17.2 Å². The highest BCUT2D eigenvalue weighted by Crippen LogP contribution is 2.37. The van der Waals surface area contributed by atoms with Crippen LogP contribution in [0.15, 0.2) is 23.6 Å². The molecule has 1 aromatic heterocycles. The van der Waals surface area contributed by atoms with E-state index in [1.807, 2.05) is 32.0 Å². The monoisotopic (exact) mass is 419 g/mol. The average Bonchev–Trinajstić information content (AvgIpc) is 3.08. The van der Waals surface area contributed by atoms with E-state index in [1.54, 1.807) is 19.2 Å². The van der Waals surface area contributed by atoms with E-state index in [1.165, 1.54) is 11.3 Å². The summed E-state index contributed by atoms with van der Waals surface area (Å²) in [5.41, 5.74) is 3.99. The molecule has 29 heavy (non-hydrogen) atoms. The van der Waals surface area contributed by atoms with Crippen molar-refractivity contribution in [3.63, 3.8) is 0 Å². The van der Waals surface area contributed by atoms with Crippen LogP contribution in [0.2, 0.25) is 0 Å². The predicted molar refractivity (Wildman–Crippen MR) is 111 cm³/mol. The minimum atomic E-state index is -0.630. The third kappa shape index (κ3) is 6.13. The van der Waals surface area contributed by atoms with Crippen LogP contribution in [0.25, 0.3) is 11.1 Å². The molecule has 0 aliphatic heterocycles. The van der Waals surface area contributed by atoms with Crippen molar-refractivity contribution in [2.75, 3.05) is 31.7 Å². The second kappa shape index (κ2) is 10.7. The zero-order valence-electron chi connectivity index (χ0n) is 17.0. The fourth-order valence-electron chi connectivity index (χ4n) is 2.71. The maximum absolute atomic E-state index is 12.6. The molecule has 0 aliphatic carbocycles. The molecule has 0 saturated carbocycles. The molecule has 2 rings (SSSR count). The smallest absolute Gasteiger partial charge is 0.341 e. The molecule has 0 bridgehead atoms. The number of esters is 2. The number of anilines is 1. The SMILES string of the molecule is CCOCC(=O)OCC(=O)Nc1scc(-c2ccc(C)cc2C)c1C(=O)OCC. The Bertz CT molecular complexity index is 889. The van der Waals surface area contributed by atoms with Crippen molar-refractivity contribution >= 4 is 34.2 Å². The molecule has 0 atom stereocenters. The van der Waals surface area contributed by atoms with Crippen molar-refractivity contribution in [1.82, 2.24) is 0 Å². The van der Waals surface area contributed by atoms with Gasteiger partial charge in [0, 0.05) is 17.6 Å². The molecular formula is C21H25NO6S. The lowest BCUT2D eigenvalue weighted by Gasteiger charge is -2.11. The molecule has 0 spiro atoms. The Kier molecular flexibility index (Phi) is 8.35. The van der Waals surface area contributed by atoms with Crippen molar-refractivity contribution in [1.29, 1.82) is 0 Å². The molecule has 156 valence electrons. The number of amides is 1. The third-order valence-electron chi connectivity index (χ3n) is 3.98. The predicted octanol–water partition coefficient (Wildman–Crippen LogP) is 3.73. The van der Waals surface area contributed by atoms with Crippen molar-refractivity contribution in [2.45, 2.75) is 27.7 Å². The van der Waals surface area contributed by atoms with Gasteiger partial charge in [-0.05, 0) is 38.8 Å². The Hall–Kier alpha value is -2.71. The highest BCUT2D eigenvalue weighted by atomic mass is 32.1. The van der Waals surface area contributed by atoms with Crippen LogP contribution in [0, 0.1) is 13.8 Å². The second-order valence-electron chi connectivity index (χ2n) is 6.24. The zero-order valence-corrected chi connectivity index (χ0v) is 17.8. The van der Waals surface area contributed by atoms with Gasteiger partial charge in [-0.15, -0.1) is 11.3 Å². The lowest BCUT2D eigenvalue weighted by Crippen LogP contribution is -2.23. The maximum atomic E-state index is 12.6. The molecule has 0 saturated heterocycles. The molecule has 7 nitrogen and oxygen atoms in total. The number of carbonyl (C=O) groups is 3. The first-order valence-electron chi connectivity index (χ1n) is 9.26. The van der Waals surface area contributed by atoms with E-state index < -0.39 is 24.5 Å². The largest absolute Gasteiger partial charge is 0.462 e. The van der Waals surface area contributed by atoms with Gasteiger partial charge in [0.25, 0.3) is 5.91 Å². The minimum absolute atomic E-state index is 0.212. The maximum Gasteiger partial charge on any atom is 0.341 e. The first-order chi connectivity index (χ1) is 13.9.